The summed E-state index contributed by atoms with van der Waals surface area (Å²) in [5.41, 5.74) is 0.0634. The maximum absolute atomic E-state index is 13.7. The fourth-order valence-corrected chi connectivity index (χ4v) is 4.38. The van der Waals surface area contributed by atoms with E-state index >= 15 is 0 Å². The second kappa shape index (κ2) is 7.27. The molecule has 1 aromatic carbocycles. The molecular weight excluding hydrogens is 404 g/mol. The van der Waals surface area contributed by atoms with Gasteiger partial charge in [0.2, 0.25) is 6.33 Å². The molecule has 2 aromatic rings. The summed E-state index contributed by atoms with van der Waals surface area (Å²) in [6, 6.07) is 4.17. The highest BCUT2D eigenvalue weighted by Crippen LogP contribution is 2.46. The molecule has 1 aliphatic carbocycles. The summed E-state index contributed by atoms with van der Waals surface area (Å²) in [5.74, 6) is -0.396. The monoisotopic (exact) mass is 423 g/mol. The number of carbonyl (C=O) groups excluding carboxylic acids is 1. The Morgan fingerprint density at radius 2 is 1.90 bits per heavy atom. The largest absolute Gasteiger partial charge is 0.360 e. The van der Waals surface area contributed by atoms with Crippen molar-refractivity contribution in [2.45, 2.75) is 30.8 Å². The number of rotatable bonds is 2. The van der Waals surface area contributed by atoms with Crippen LogP contribution in [0.3, 0.4) is 0 Å². The minimum Gasteiger partial charge on any atom is -0.360 e. The van der Waals surface area contributed by atoms with Gasteiger partial charge in [0.25, 0.3) is 5.82 Å². The maximum Gasteiger partial charge on any atom is 0.341 e. The van der Waals surface area contributed by atoms with Crippen LogP contribution in [0.5, 0.6) is 0 Å². The third kappa shape index (κ3) is 3.46. The maximum atomic E-state index is 13.7. The van der Waals surface area contributed by atoms with Crippen molar-refractivity contribution in [1.82, 2.24) is 19.9 Å². The lowest BCUT2D eigenvalue weighted by molar-refractivity contribution is 0.110. The number of aromatic nitrogens is 2. The molecule has 2 amide bonds. The van der Waals surface area contributed by atoms with Gasteiger partial charge in [-0.1, -0.05) is 6.57 Å². The fraction of sp³-hybridized carbons (Fsp3) is 0.381. The molecule has 158 valence electrons. The summed E-state index contributed by atoms with van der Waals surface area (Å²) in [6.45, 7) is 8.76. The predicted molar refractivity (Wildman–Crippen MR) is 109 cm³/mol. The Balaban J connectivity index is 1.35. The van der Waals surface area contributed by atoms with Crippen molar-refractivity contribution < 1.29 is 13.6 Å². The summed E-state index contributed by atoms with van der Waals surface area (Å²) < 4.78 is 27.5. The molecule has 1 atom stereocenters. The zero-order valence-corrected chi connectivity index (χ0v) is 16.6. The summed E-state index contributed by atoms with van der Waals surface area (Å²) in [4.78, 5) is 28.9. The summed E-state index contributed by atoms with van der Waals surface area (Å²) in [7, 11) is 0. The van der Waals surface area contributed by atoms with Gasteiger partial charge < -0.3 is 14.6 Å². The molecule has 0 bridgehead atoms. The molecule has 1 saturated carbocycles. The first-order valence-electron chi connectivity index (χ1n) is 10.0. The van der Waals surface area contributed by atoms with E-state index in [1.165, 1.54) is 23.5 Å². The van der Waals surface area contributed by atoms with Crippen molar-refractivity contribution >= 4 is 23.9 Å². The van der Waals surface area contributed by atoms with Gasteiger partial charge in [-0.15, -0.1) is 4.98 Å². The number of nitrogens with zero attached hydrogens (tertiary/aromatic N) is 7. The lowest BCUT2D eigenvalue weighted by atomic mass is 10.0. The molecule has 3 heterocycles. The number of piperazine rings is 1. The van der Waals surface area contributed by atoms with Gasteiger partial charge in [-0.25, -0.2) is 18.6 Å². The van der Waals surface area contributed by atoms with Crippen molar-refractivity contribution in [2.24, 2.45) is 5.10 Å². The molecule has 2 fully saturated rings. The highest BCUT2D eigenvalue weighted by molar-refractivity contribution is 5.80. The van der Waals surface area contributed by atoms with E-state index in [1.54, 1.807) is 12.3 Å². The first-order chi connectivity index (χ1) is 15.0. The molecule has 3 aliphatic rings. The topological polar surface area (TPSA) is 69.3 Å². The minimum atomic E-state index is -0.676. The molecule has 2 aliphatic heterocycles. The number of hydrazone groups is 1. The van der Waals surface area contributed by atoms with Crippen molar-refractivity contribution in [3.8, 4) is 0 Å². The van der Waals surface area contributed by atoms with Crippen molar-refractivity contribution in [2.75, 3.05) is 24.5 Å². The first-order valence-corrected chi connectivity index (χ1v) is 10.0. The number of amides is 2. The van der Waals surface area contributed by atoms with Gasteiger partial charge in [-0.2, -0.15) is 10.1 Å². The Bertz CT molecular complexity index is 1090. The van der Waals surface area contributed by atoms with Crippen LogP contribution in [0.4, 0.5) is 25.2 Å². The average Bonchev–Trinajstić information content (AvgIpc) is 3.34. The van der Waals surface area contributed by atoms with Crippen LogP contribution < -0.4 is 4.90 Å². The molecule has 1 saturated heterocycles. The Hall–Kier alpha value is -3.61. The van der Waals surface area contributed by atoms with E-state index in [2.05, 4.69) is 24.8 Å². The van der Waals surface area contributed by atoms with Gasteiger partial charge in [-0.3, -0.25) is 0 Å². The quantitative estimate of drug-likeness (QED) is 0.694. The Kier molecular flexibility index (Phi) is 4.54. The zero-order valence-electron chi connectivity index (χ0n) is 16.6. The number of carbonyl (C=O) groups is 1. The van der Waals surface area contributed by atoms with E-state index in [1.807, 2.05) is 4.90 Å². The van der Waals surface area contributed by atoms with Gasteiger partial charge in [0.15, 0.2) is 0 Å². The third-order valence-corrected chi connectivity index (χ3v) is 6.08. The number of urea groups is 1. The van der Waals surface area contributed by atoms with Gasteiger partial charge >= 0.3 is 6.03 Å². The van der Waals surface area contributed by atoms with Gasteiger partial charge in [0.1, 0.15) is 17.5 Å². The summed E-state index contributed by atoms with van der Waals surface area (Å²) >= 11 is 0. The molecule has 0 radical (unpaired) electrons. The Labute approximate surface area is 177 Å². The lowest BCUT2D eigenvalue weighted by Crippen LogP contribution is -2.59. The number of hydrogen-bond donors (Lipinski definition) is 0. The molecule has 31 heavy (non-hydrogen) atoms. The second-order valence-electron chi connectivity index (χ2n) is 8.02. The molecule has 1 unspecified atom stereocenters. The molecule has 1 aromatic heterocycles. The van der Waals surface area contributed by atoms with Crippen molar-refractivity contribution in [3.05, 3.63) is 59.2 Å². The minimum absolute atomic E-state index is 0.259. The van der Waals surface area contributed by atoms with Crippen LogP contribution in [0.2, 0.25) is 0 Å². The Morgan fingerprint density at radius 3 is 2.61 bits per heavy atom. The number of halogens is 2. The van der Waals surface area contributed by atoms with Crippen LogP contribution in [-0.4, -0.2) is 57.3 Å². The average molecular weight is 423 g/mol. The van der Waals surface area contributed by atoms with E-state index < -0.39 is 17.7 Å². The summed E-state index contributed by atoms with van der Waals surface area (Å²) in [5, 5.41) is 5.56. The third-order valence-electron chi connectivity index (χ3n) is 6.08. The van der Waals surface area contributed by atoms with E-state index in [-0.39, 0.29) is 17.4 Å². The highest BCUT2D eigenvalue weighted by Gasteiger charge is 2.55. The number of anilines is 1. The lowest BCUT2D eigenvalue weighted by Gasteiger charge is -2.44. The Morgan fingerprint density at radius 1 is 1.13 bits per heavy atom. The van der Waals surface area contributed by atoms with Crippen molar-refractivity contribution in [3.63, 3.8) is 0 Å². The van der Waals surface area contributed by atoms with Gasteiger partial charge in [-0.05, 0) is 30.5 Å². The smallest absolute Gasteiger partial charge is 0.341 e. The van der Waals surface area contributed by atoms with Gasteiger partial charge in [0.05, 0.1) is 11.6 Å². The second-order valence-corrected chi connectivity index (χ2v) is 8.02. The summed E-state index contributed by atoms with van der Waals surface area (Å²) in [6.07, 6.45) is 5.09. The van der Waals surface area contributed by atoms with E-state index in [4.69, 9.17) is 6.57 Å². The van der Waals surface area contributed by atoms with Crippen LogP contribution in [0, 0.1) is 18.2 Å². The van der Waals surface area contributed by atoms with Gasteiger partial charge in [0, 0.05) is 44.4 Å². The number of hydrogen-bond acceptors (Lipinski definition) is 5. The molecule has 5 rings (SSSR count). The fourth-order valence-electron chi connectivity index (χ4n) is 4.38. The highest BCUT2D eigenvalue weighted by atomic mass is 19.1. The predicted octanol–water partition coefficient (Wildman–Crippen LogP) is 3.51. The molecule has 8 nitrogen and oxygen atoms in total. The molecule has 10 heteroatoms. The SMILES string of the molecule is [C-]#[N+]c1cc(N2CCN(C(=O)N3N=CCC3c3cc(F)cc(F)c3)C3(CC3)C2)ncn1. The first kappa shape index (κ1) is 19.4. The van der Waals surface area contributed by atoms with E-state index in [9.17, 15) is 13.6 Å². The van der Waals surface area contributed by atoms with E-state index in [0.29, 0.717) is 37.4 Å². The molecule has 1 spiro atoms. The van der Waals surface area contributed by atoms with Crippen molar-refractivity contribution in [1.29, 1.82) is 0 Å². The van der Waals surface area contributed by atoms with Crippen LogP contribution >= 0.6 is 0 Å². The van der Waals surface area contributed by atoms with Crippen LogP contribution in [0.1, 0.15) is 30.9 Å². The molecular formula is C21H19F2N7O. The number of benzene rings is 1. The molecule has 0 N–H and O–H groups in total. The zero-order chi connectivity index (χ0) is 21.6. The van der Waals surface area contributed by atoms with Crippen LogP contribution in [0.15, 0.2) is 35.7 Å². The van der Waals surface area contributed by atoms with Crippen LogP contribution in [0.25, 0.3) is 4.85 Å². The van der Waals surface area contributed by atoms with Crippen LogP contribution in [-0.2, 0) is 0 Å². The normalized spacial score (nSPS) is 21.5. The standard InChI is InChI=1S/C21H19F2N7O/c1-24-18-11-19(26-13-25-18)28-6-7-29(21(12-28)3-4-21)20(31)30-17(2-5-27-30)14-8-15(22)10-16(23)9-14/h5,8-11,13,17H,2-4,6-7,12H2. The van der Waals surface area contributed by atoms with E-state index in [0.717, 1.165) is 18.9 Å².